The average molecular weight is 230 g/mol. The van der Waals surface area contributed by atoms with E-state index in [0.29, 0.717) is 11.7 Å². The van der Waals surface area contributed by atoms with Gasteiger partial charge in [-0.1, -0.05) is 37.5 Å². The summed E-state index contributed by atoms with van der Waals surface area (Å²) in [5, 5.41) is 10.2. The highest BCUT2D eigenvalue weighted by Gasteiger charge is 2.19. The number of hydrogen-bond acceptors (Lipinski definition) is 1. The van der Waals surface area contributed by atoms with Gasteiger partial charge in [0.1, 0.15) is 5.75 Å². The van der Waals surface area contributed by atoms with Crippen LogP contribution in [0, 0.1) is 6.92 Å². The van der Waals surface area contributed by atoms with Crippen molar-refractivity contribution in [1.82, 2.24) is 0 Å². The number of benzene rings is 1. The third kappa shape index (κ3) is 2.71. The van der Waals surface area contributed by atoms with E-state index in [1.165, 1.54) is 43.2 Å². The molecule has 0 unspecified atom stereocenters. The zero-order valence-electron chi connectivity index (χ0n) is 10.7. The Hall–Kier alpha value is -1.24. The largest absolute Gasteiger partial charge is 0.507 e. The standard InChI is InChI=1S/C16H22O/c1-3-7-13-10-12(2)16(17)15(11-13)14-8-5-4-6-9-14/h3,10-11,14,17H,1,4-9H2,2H3. The number of rotatable bonds is 3. The van der Waals surface area contributed by atoms with Crippen LogP contribution in [0.1, 0.15) is 54.7 Å². The Morgan fingerprint density at radius 1 is 1.29 bits per heavy atom. The van der Waals surface area contributed by atoms with Crippen molar-refractivity contribution < 1.29 is 5.11 Å². The van der Waals surface area contributed by atoms with Crippen molar-refractivity contribution in [3.63, 3.8) is 0 Å². The number of aromatic hydroxyl groups is 1. The Bertz CT molecular complexity index is 400. The van der Waals surface area contributed by atoms with Gasteiger partial charge in [0.25, 0.3) is 0 Å². The van der Waals surface area contributed by atoms with Crippen molar-refractivity contribution in [3.8, 4) is 5.75 Å². The van der Waals surface area contributed by atoms with Gasteiger partial charge in [-0.2, -0.15) is 0 Å². The minimum Gasteiger partial charge on any atom is -0.507 e. The lowest BCUT2D eigenvalue weighted by Gasteiger charge is -2.24. The second-order valence-corrected chi connectivity index (χ2v) is 5.18. The molecule has 1 aromatic rings. The van der Waals surface area contributed by atoms with Crippen LogP contribution >= 0.6 is 0 Å². The van der Waals surface area contributed by atoms with Crippen LogP contribution in [0.4, 0.5) is 0 Å². The van der Waals surface area contributed by atoms with Crippen LogP contribution in [0.15, 0.2) is 24.8 Å². The van der Waals surface area contributed by atoms with Crippen molar-refractivity contribution >= 4 is 0 Å². The first-order valence-electron chi connectivity index (χ1n) is 6.65. The van der Waals surface area contributed by atoms with Gasteiger partial charge in [0, 0.05) is 0 Å². The van der Waals surface area contributed by atoms with Crippen LogP contribution in [0.3, 0.4) is 0 Å². The highest BCUT2D eigenvalue weighted by molar-refractivity contribution is 5.45. The summed E-state index contributed by atoms with van der Waals surface area (Å²) in [6.45, 7) is 5.78. The summed E-state index contributed by atoms with van der Waals surface area (Å²) < 4.78 is 0. The van der Waals surface area contributed by atoms with Crippen LogP contribution in [0.5, 0.6) is 5.75 Å². The summed E-state index contributed by atoms with van der Waals surface area (Å²) >= 11 is 0. The Morgan fingerprint density at radius 2 is 2.00 bits per heavy atom. The molecule has 2 rings (SSSR count). The number of allylic oxidation sites excluding steroid dienone is 1. The molecule has 1 heteroatoms. The topological polar surface area (TPSA) is 20.2 Å². The molecule has 1 saturated carbocycles. The van der Waals surface area contributed by atoms with Crippen molar-refractivity contribution in [2.45, 2.75) is 51.4 Å². The summed E-state index contributed by atoms with van der Waals surface area (Å²) in [6.07, 6.45) is 9.22. The maximum absolute atomic E-state index is 10.2. The molecule has 0 bridgehead atoms. The Kier molecular flexibility index (Phi) is 3.88. The molecule has 1 N–H and O–H groups in total. The highest BCUT2D eigenvalue weighted by Crippen LogP contribution is 2.39. The quantitative estimate of drug-likeness (QED) is 0.759. The molecule has 0 aliphatic heterocycles. The molecule has 1 aromatic carbocycles. The predicted molar refractivity (Wildman–Crippen MR) is 72.6 cm³/mol. The SMILES string of the molecule is C=CCc1cc(C)c(O)c(C2CCCCC2)c1. The number of phenols is 1. The molecule has 0 spiro atoms. The molecule has 1 nitrogen and oxygen atoms in total. The molecule has 92 valence electrons. The van der Waals surface area contributed by atoms with E-state index >= 15 is 0 Å². The number of aryl methyl sites for hydroxylation is 1. The molecule has 1 fully saturated rings. The first-order valence-corrected chi connectivity index (χ1v) is 6.65. The van der Waals surface area contributed by atoms with E-state index in [4.69, 9.17) is 0 Å². The summed E-state index contributed by atoms with van der Waals surface area (Å²) in [5.74, 6) is 1.08. The fraction of sp³-hybridized carbons (Fsp3) is 0.500. The lowest BCUT2D eigenvalue weighted by molar-refractivity contribution is 0.412. The van der Waals surface area contributed by atoms with Crippen molar-refractivity contribution in [2.24, 2.45) is 0 Å². The summed E-state index contributed by atoms with van der Waals surface area (Å²) in [4.78, 5) is 0. The van der Waals surface area contributed by atoms with E-state index in [-0.39, 0.29) is 0 Å². The first-order chi connectivity index (χ1) is 8.22. The smallest absolute Gasteiger partial charge is 0.121 e. The molecule has 0 radical (unpaired) electrons. The van der Waals surface area contributed by atoms with Gasteiger partial charge in [0.2, 0.25) is 0 Å². The maximum Gasteiger partial charge on any atom is 0.121 e. The highest BCUT2D eigenvalue weighted by atomic mass is 16.3. The minimum absolute atomic E-state index is 0.518. The zero-order valence-corrected chi connectivity index (χ0v) is 10.7. The minimum atomic E-state index is 0.518. The fourth-order valence-electron chi connectivity index (χ4n) is 2.89. The van der Waals surface area contributed by atoms with Crippen molar-refractivity contribution in [2.75, 3.05) is 0 Å². The lowest BCUT2D eigenvalue weighted by atomic mass is 9.82. The molecule has 0 aromatic heterocycles. The summed E-state index contributed by atoms with van der Waals surface area (Å²) in [6, 6.07) is 4.25. The van der Waals surface area contributed by atoms with Crippen molar-refractivity contribution in [3.05, 3.63) is 41.5 Å². The van der Waals surface area contributed by atoms with Crippen LogP contribution in [0.2, 0.25) is 0 Å². The lowest BCUT2D eigenvalue weighted by Crippen LogP contribution is -2.06. The molecule has 1 aliphatic carbocycles. The van der Waals surface area contributed by atoms with E-state index in [1.807, 2.05) is 13.0 Å². The van der Waals surface area contributed by atoms with E-state index in [1.54, 1.807) is 0 Å². The van der Waals surface area contributed by atoms with Gasteiger partial charge in [0.15, 0.2) is 0 Å². The molecule has 0 saturated heterocycles. The van der Waals surface area contributed by atoms with Gasteiger partial charge in [-0.25, -0.2) is 0 Å². The van der Waals surface area contributed by atoms with Crippen LogP contribution < -0.4 is 0 Å². The Morgan fingerprint density at radius 3 is 2.65 bits per heavy atom. The second kappa shape index (κ2) is 5.39. The molecule has 0 atom stereocenters. The third-order valence-electron chi connectivity index (χ3n) is 3.81. The second-order valence-electron chi connectivity index (χ2n) is 5.18. The van der Waals surface area contributed by atoms with Gasteiger partial charge >= 0.3 is 0 Å². The normalized spacial score (nSPS) is 17.0. The van der Waals surface area contributed by atoms with Gasteiger partial charge in [-0.15, -0.1) is 6.58 Å². The van der Waals surface area contributed by atoms with Crippen LogP contribution in [-0.2, 0) is 6.42 Å². The van der Waals surface area contributed by atoms with E-state index < -0.39 is 0 Å². The number of hydrogen-bond donors (Lipinski definition) is 1. The molecule has 0 heterocycles. The summed E-state index contributed by atoms with van der Waals surface area (Å²) in [5.41, 5.74) is 3.45. The van der Waals surface area contributed by atoms with Gasteiger partial charge < -0.3 is 5.11 Å². The van der Waals surface area contributed by atoms with E-state index in [9.17, 15) is 5.11 Å². The fourth-order valence-corrected chi connectivity index (χ4v) is 2.89. The average Bonchev–Trinajstić information content (AvgIpc) is 2.35. The monoisotopic (exact) mass is 230 g/mol. The Labute approximate surface area is 104 Å². The van der Waals surface area contributed by atoms with Gasteiger partial charge in [0.05, 0.1) is 0 Å². The summed E-state index contributed by atoms with van der Waals surface area (Å²) in [7, 11) is 0. The predicted octanol–water partition coefficient (Wildman–Crippen LogP) is 4.48. The molecular formula is C16H22O. The van der Waals surface area contributed by atoms with Gasteiger partial charge in [-0.05, 0) is 48.8 Å². The molecule has 1 aliphatic rings. The third-order valence-corrected chi connectivity index (χ3v) is 3.81. The number of phenolic OH excluding ortho intramolecular Hbond substituents is 1. The Balaban J connectivity index is 2.32. The van der Waals surface area contributed by atoms with Crippen LogP contribution in [-0.4, -0.2) is 5.11 Å². The van der Waals surface area contributed by atoms with E-state index in [2.05, 4.69) is 18.7 Å². The molecule has 17 heavy (non-hydrogen) atoms. The molecular weight excluding hydrogens is 208 g/mol. The first kappa shape index (κ1) is 12.2. The van der Waals surface area contributed by atoms with E-state index in [0.717, 1.165) is 12.0 Å². The zero-order chi connectivity index (χ0) is 12.3. The van der Waals surface area contributed by atoms with Crippen LogP contribution in [0.25, 0.3) is 0 Å². The molecule has 0 amide bonds. The van der Waals surface area contributed by atoms with Crippen molar-refractivity contribution in [1.29, 1.82) is 0 Å². The maximum atomic E-state index is 10.2. The van der Waals surface area contributed by atoms with Gasteiger partial charge in [-0.3, -0.25) is 0 Å².